The molecule has 0 saturated heterocycles. The van der Waals surface area contributed by atoms with Gasteiger partial charge in [-0.2, -0.15) is 0 Å². The van der Waals surface area contributed by atoms with Gasteiger partial charge in [0.05, 0.1) is 0 Å². The normalized spacial score (nSPS) is 14.5. The van der Waals surface area contributed by atoms with Gasteiger partial charge in [0.15, 0.2) is 0 Å². The maximum atomic E-state index is 5.85. The third kappa shape index (κ3) is 3.47. The first-order valence-corrected chi connectivity index (χ1v) is 10.8. The van der Waals surface area contributed by atoms with Gasteiger partial charge in [-0.25, -0.2) is 4.74 Å². The molecule has 0 aliphatic carbocycles. The van der Waals surface area contributed by atoms with Crippen LogP contribution in [0.4, 0.5) is 5.69 Å². The quantitative estimate of drug-likeness (QED) is 0.594. The summed E-state index contributed by atoms with van der Waals surface area (Å²) >= 11 is 5.85. The molecule has 0 spiro atoms. The van der Waals surface area contributed by atoms with Gasteiger partial charge in [-0.3, -0.25) is 14.3 Å². The predicted molar refractivity (Wildman–Crippen MR) is 115 cm³/mol. The predicted octanol–water partition coefficient (Wildman–Crippen LogP) is 3.60. The number of nitrogens with zero attached hydrogens (tertiary/aromatic N) is 5. The van der Waals surface area contributed by atoms with Crippen LogP contribution in [-0.4, -0.2) is 54.2 Å². The van der Waals surface area contributed by atoms with Crippen molar-refractivity contribution in [1.29, 1.82) is 0 Å². The van der Waals surface area contributed by atoms with Gasteiger partial charge in [0.2, 0.25) is 5.11 Å². The Morgan fingerprint density at radius 2 is 1.73 bits per heavy atom. The van der Waals surface area contributed by atoms with Crippen LogP contribution in [0.2, 0.25) is 0 Å². The molecule has 0 fully saturated rings. The van der Waals surface area contributed by atoms with E-state index in [9.17, 15) is 0 Å². The van der Waals surface area contributed by atoms with E-state index in [0.29, 0.717) is 5.11 Å². The lowest BCUT2D eigenvalue weighted by Gasteiger charge is -2.38. The zero-order chi connectivity index (χ0) is 18.7. The van der Waals surface area contributed by atoms with E-state index in [-0.39, 0.29) is 0 Å². The van der Waals surface area contributed by atoms with E-state index in [1.54, 1.807) is 0 Å². The zero-order valence-corrected chi connectivity index (χ0v) is 17.5. The summed E-state index contributed by atoms with van der Waals surface area (Å²) in [4.78, 5) is 6.36. The number of benzene rings is 1. The molecule has 2 aromatic rings. The van der Waals surface area contributed by atoms with Gasteiger partial charge in [-0.15, -0.1) is 0 Å². The molecule has 0 amide bonds. The van der Waals surface area contributed by atoms with E-state index in [1.165, 1.54) is 11.3 Å². The molecule has 0 atom stereocenters. The molecule has 1 aromatic carbocycles. The summed E-state index contributed by atoms with van der Waals surface area (Å²) in [7, 11) is 6.14. The van der Waals surface area contributed by atoms with Crippen molar-refractivity contribution >= 4 is 35.7 Å². The molecule has 0 bridgehead atoms. The minimum Gasteiger partial charge on any atom is -0.317 e. The van der Waals surface area contributed by atoms with Crippen LogP contribution in [0.1, 0.15) is 12.0 Å². The van der Waals surface area contributed by atoms with E-state index < -0.39 is 7.36 Å². The fraction of sp³-hybridized carbons (Fsp3) is 0.368. The Morgan fingerprint density at radius 3 is 2.38 bits per heavy atom. The first kappa shape index (κ1) is 19.2. The van der Waals surface area contributed by atoms with Gasteiger partial charge in [-0.1, -0.05) is 18.2 Å². The molecule has 2 heterocycles. The molecule has 7 heteroatoms. The molecule has 0 saturated carbocycles. The maximum absolute atomic E-state index is 5.85. The average molecular weight is 387 g/mol. The molecule has 1 aliphatic rings. The highest BCUT2D eigenvalue weighted by molar-refractivity contribution is 7.81. The van der Waals surface area contributed by atoms with Crippen LogP contribution >= 0.6 is 19.6 Å². The highest BCUT2D eigenvalue weighted by atomic mass is 32.1. The molecule has 1 aromatic heterocycles. The van der Waals surface area contributed by atoms with Crippen molar-refractivity contribution in [3.05, 3.63) is 54.4 Å². The third-order valence-corrected chi connectivity index (χ3v) is 8.83. The van der Waals surface area contributed by atoms with Gasteiger partial charge in [0.1, 0.15) is 7.36 Å². The van der Waals surface area contributed by atoms with E-state index in [2.05, 4.69) is 71.7 Å². The number of aryl methyl sites for hydroxylation is 1. The number of hydrogen-bond donors (Lipinski definition) is 0. The van der Waals surface area contributed by atoms with Crippen molar-refractivity contribution in [2.75, 3.05) is 39.6 Å². The molecule has 5 nitrogen and oxygen atoms in total. The van der Waals surface area contributed by atoms with Crippen molar-refractivity contribution in [2.24, 2.45) is 4.74 Å². The molecular weight excluding hydrogens is 361 g/mol. The van der Waals surface area contributed by atoms with Crippen molar-refractivity contribution < 1.29 is 0 Å². The maximum Gasteiger partial charge on any atom is 0.201 e. The second-order valence-electron chi connectivity index (χ2n) is 6.73. The number of fused-ring (bicyclic) bond motifs is 1. The van der Waals surface area contributed by atoms with Crippen molar-refractivity contribution in [2.45, 2.75) is 12.8 Å². The summed E-state index contributed by atoms with van der Waals surface area (Å²) in [6, 6.07) is 12.6. The lowest BCUT2D eigenvalue weighted by Crippen LogP contribution is -2.35. The first-order chi connectivity index (χ1) is 12.5. The third-order valence-electron chi connectivity index (χ3n) is 4.69. The molecule has 0 unspecified atom stereocenters. The average Bonchev–Trinajstić information content (AvgIpc) is 2.65. The Kier molecular flexibility index (Phi) is 5.88. The summed E-state index contributed by atoms with van der Waals surface area (Å²) in [5, 5.41) is 1.81. The molecule has 0 N–H and O–H groups in total. The SMILES string of the molecule is CN(C)P(=NC(=S)N1CCCc2ccccc21)(c1ccncc1)N(C)C. The number of pyridine rings is 1. The largest absolute Gasteiger partial charge is 0.317 e. The standard InChI is InChI=1S/C19H26N5PS/c1-22(2)25(23(3)4,17-11-13-20-14-12-17)21-19(26)24-15-7-9-16-8-5-6-10-18(16)24/h5-6,8,10-14H,7,9,15H2,1-4H3. The molecule has 26 heavy (non-hydrogen) atoms. The smallest absolute Gasteiger partial charge is 0.201 e. The molecule has 138 valence electrons. The Bertz CT molecular complexity index is 823. The van der Waals surface area contributed by atoms with Gasteiger partial charge < -0.3 is 4.90 Å². The summed E-state index contributed by atoms with van der Waals surface area (Å²) in [6.45, 7) is 0.913. The lowest BCUT2D eigenvalue weighted by molar-refractivity contribution is 0.572. The van der Waals surface area contributed by atoms with E-state index in [4.69, 9.17) is 17.0 Å². The van der Waals surface area contributed by atoms with E-state index >= 15 is 0 Å². The van der Waals surface area contributed by atoms with Crippen LogP contribution in [0.3, 0.4) is 0 Å². The summed E-state index contributed by atoms with van der Waals surface area (Å²) < 4.78 is 9.59. The van der Waals surface area contributed by atoms with E-state index in [0.717, 1.165) is 24.7 Å². The van der Waals surface area contributed by atoms with Gasteiger partial charge in [0.25, 0.3) is 0 Å². The van der Waals surface area contributed by atoms with Crippen LogP contribution in [0.5, 0.6) is 0 Å². The van der Waals surface area contributed by atoms with E-state index in [1.807, 2.05) is 24.5 Å². The van der Waals surface area contributed by atoms with Crippen LogP contribution in [0, 0.1) is 0 Å². The fourth-order valence-electron chi connectivity index (χ4n) is 3.51. The van der Waals surface area contributed by atoms with Crippen molar-refractivity contribution in [3.63, 3.8) is 0 Å². The second kappa shape index (κ2) is 7.97. The fourth-order valence-corrected chi connectivity index (χ4v) is 7.03. The minimum absolute atomic E-state index is 0.657. The Morgan fingerprint density at radius 1 is 1.08 bits per heavy atom. The Labute approximate surface area is 161 Å². The second-order valence-corrected chi connectivity index (χ2v) is 10.6. The minimum atomic E-state index is -2.16. The summed E-state index contributed by atoms with van der Waals surface area (Å²) in [5.74, 6) is 0. The molecule has 0 radical (unpaired) electrons. The summed E-state index contributed by atoms with van der Waals surface area (Å²) in [5.41, 5.74) is 2.54. The van der Waals surface area contributed by atoms with Gasteiger partial charge in [-0.05, 0) is 77.0 Å². The van der Waals surface area contributed by atoms with Gasteiger partial charge in [0, 0.05) is 29.9 Å². The molecular formula is C19H26N5PS. The monoisotopic (exact) mass is 387 g/mol. The van der Waals surface area contributed by atoms with Crippen LogP contribution in [-0.2, 0) is 6.42 Å². The zero-order valence-electron chi connectivity index (χ0n) is 15.8. The number of rotatable bonds is 3. The molecule has 1 aliphatic heterocycles. The van der Waals surface area contributed by atoms with Crippen molar-refractivity contribution in [3.8, 4) is 0 Å². The van der Waals surface area contributed by atoms with Gasteiger partial charge >= 0.3 is 0 Å². The van der Waals surface area contributed by atoms with Crippen LogP contribution in [0.25, 0.3) is 0 Å². The number of aromatic nitrogens is 1. The Hall–Kier alpha value is -1.59. The topological polar surface area (TPSA) is 35.0 Å². The van der Waals surface area contributed by atoms with Crippen LogP contribution in [0.15, 0.2) is 53.5 Å². The summed E-state index contributed by atoms with van der Waals surface area (Å²) in [6.07, 6.45) is 5.84. The highest BCUT2D eigenvalue weighted by Gasteiger charge is 2.30. The highest BCUT2D eigenvalue weighted by Crippen LogP contribution is 2.52. The lowest BCUT2D eigenvalue weighted by atomic mass is 10.0. The number of hydrogen-bond acceptors (Lipinski definition) is 2. The van der Waals surface area contributed by atoms with Crippen molar-refractivity contribution in [1.82, 2.24) is 14.3 Å². The Balaban J connectivity index is 2.11. The molecule has 3 rings (SSSR count). The van der Waals surface area contributed by atoms with Crippen LogP contribution < -0.4 is 10.2 Å². The number of para-hydroxylation sites is 1. The first-order valence-electron chi connectivity index (χ1n) is 8.74. The number of thiocarbonyl (C=S) groups is 1. The number of anilines is 1.